The van der Waals surface area contributed by atoms with E-state index in [-0.39, 0.29) is 5.56 Å². The molecule has 2 aromatic carbocycles. The van der Waals surface area contributed by atoms with Crippen LogP contribution in [0.25, 0.3) is 0 Å². The molecule has 0 fully saturated rings. The Bertz CT molecular complexity index is 626. The van der Waals surface area contributed by atoms with Crippen LogP contribution in [-0.4, -0.2) is 0 Å². The Hall–Kier alpha value is -1.19. The van der Waals surface area contributed by atoms with Crippen molar-refractivity contribution in [2.24, 2.45) is 5.84 Å². The SMILES string of the molecule is NNC(c1ccc(I)cc1)c1ccc(F)c(C(F)(F)F)c1. The van der Waals surface area contributed by atoms with Gasteiger partial charge in [-0.2, -0.15) is 13.2 Å². The minimum absolute atomic E-state index is 0.243. The van der Waals surface area contributed by atoms with Crippen molar-refractivity contribution in [2.75, 3.05) is 0 Å². The van der Waals surface area contributed by atoms with Gasteiger partial charge in [-0.15, -0.1) is 0 Å². The van der Waals surface area contributed by atoms with Crippen molar-refractivity contribution < 1.29 is 17.6 Å². The maximum absolute atomic E-state index is 13.3. The van der Waals surface area contributed by atoms with Gasteiger partial charge in [-0.1, -0.05) is 18.2 Å². The van der Waals surface area contributed by atoms with Gasteiger partial charge < -0.3 is 0 Å². The normalized spacial score (nSPS) is 13.2. The first kappa shape index (κ1) is 16.2. The summed E-state index contributed by atoms with van der Waals surface area (Å²) in [6.07, 6.45) is -4.74. The topological polar surface area (TPSA) is 38.0 Å². The Morgan fingerprint density at radius 2 is 1.57 bits per heavy atom. The molecule has 21 heavy (non-hydrogen) atoms. The molecule has 0 radical (unpaired) electrons. The van der Waals surface area contributed by atoms with E-state index in [1.54, 1.807) is 12.1 Å². The second-order valence-corrected chi connectivity index (χ2v) is 5.63. The van der Waals surface area contributed by atoms with Gasteiger partial charge in [0.05, 0.1) is 11.6 Å². The smallest absolute Gasteiger partial charge is 0.271 e. The predicted molar refractivity (Wildman–Crippen MR) is 79.7 cm³/mol. The highest BCUT2D eigenvalue weighted by Crippen LogP contribution is 2.34. The van der Waals surface area contributed by atoms with Crippen LogP contribution in [0, 0.1) is 9.39 Å². The van der Waals surface area contributed by atoms with Crippen LogP contribution in [-0.2, 0) is 6.18 Å². The summed E-state index contributed by atoms with van der Waals surface area (Å²) in [5.74, 6) is 4.14. The number of nitrogens with one attached hydrogen (secondary N) is 1. The van der Waals surface area contributed by atoms with E-state index in [0.29, 0.717) is 5.56 Å². The van der Waals surface area contributed by atoms with Crippen molar-refractivity contribution in [3.63, 3.8) is 0 Å². The lowest BCUT2D eigenvalue weighted by molar-refractivity contribution is -0.140. The highest BCUT2D eigenvalue weighted by Gasteiger charge is 2.34. The van der Waals surface area contributed by atoms with Crippen molar-refractivity contribution >= 4 is 22.6 Å². The lowest BCUT2D eigenvalue weighted by atomic mass is 9.97. The molecule has 0 aliphatic heterocycles. The van der Waals surface area contributed by atoms with Gasteiger partial charge in [-0.25, -0.2) is 9.82 Å². The molecule has 0 bridgehead atoms. The highest BCUT2D eigenvalue weighted by atomic mass is 127. The number of benzene rings is 2. The molecular formula is C14H11F4IN2. The minimum Gasteiger partial charge on any atom is -0.271 e. The Balaban J connectivity index is 2.46. The minimum atomic E-state index is -4.74. The van der Waals surface area contributed by atoms with Crippen molar-refractivity contribution in [3.05, 3.63) is 68.5 Å². The van der Waals surface area contributed by atoms with E-state index in [1.165, 1.54) is 6.07 Å². The molecule has 7 heteroatoms. The average molecular weight is 410 g/mol. The van der Waals surface area contributed by atoms with E-state index in [9.17, 15) is 17.6 Å². The van der Waals surface area contributed by atoms with Crippen LogP contribution in [0.1, 0.15) is 22.7 Å². The van der Waals surface area contributed by atoms with Crippen molar-refractivity contribution in [3.8, 4) is 0 Å². The fraction of sp³-hybridized carbons (Fsp3) is 0.143. The molecule has 0 saturated heterocycles. The molecule has 2 rings (SSSR count). The molecule has 0 saturated carbocycles. The van der Waals surface area contributed by atoms with Gasteiger partial charge in [-0.3, -0.25) is 5.84 Å². The Labute approximate surface area is 132 Å². The van der Waals surface area contributed by atoms with Gasteiger partial charge in [0.2, 0.25) is 0 Å². The van der Waals surface area contributed by atoms with Crippen LogP contribution >= 0.6 is 22.6 Å². The number of alkyl halides is 3. The highest BCUT2D eigenvalue weighted by molar-refractivity contribution is 14.1. The molecule has 2 nitrogen and oxygen atoms in total. The number of hydrogen-bond donors (Lipinski definition) is 2. The standard InChI is InChI=1S/C14H11F4IN2/c15-12-6-3-9(7-11(12)14(16,17)18)13(21-20)8-1-4-10(19)5-2-8/h1-7,13,21H,20H2. The van der Waals surface area contributed by atoms with Crippen LogP contribution in [0.15, 0.2) is 42.5 Å². The fourth-order valence-electron chi connectivity index (χ4n) is 1.98. The van der Waals surface area contributed by atoms with Crippen LogP contribution in [0.3, 0.4) is 0 Å². The molecule has 0 spiro atoms. The maximum atomic E-state index is 13.3. The lowest BCUT2D eigenvalue weighted by Crippen LogP contribution is -2.29. The summed E-state index contributed by atoms with van der Waals surface area (Å²) in [6, 6.07) is 9.35. The number of hydrogen-bond acceptors (Lipinski definition) is 2. The third-order valence-electron chi connectivity index (χ3n) is 3.00. The average Bonchev–Trinajstić information content (AvgIpc) is 2.42. The molecule has 0 aliphatic carbocycles. The van der Waals surface area contributed by atoms with Gasteiger partial charge in [0.25, 0.3) is 0 Å². The number of nitrogens with two attached hydrogens (primary N) is 1. The van der Waals surface area contributed by atoms with Crippen molar-refractivity contribution in [1.82, 2.24) is 5.43 Å². The molecule has 0 amide bonds. The van der Waals surface area contributed by atoms with Crippen molar-refractivity contribution in [1.29, 1.82) is 0 Å². The zero-order valence-corrected chi connectivity index (χ0v) is 12.7. The monoisotopic (exact) mass is 410 g/mol. The molecule has 3 N–H and O–H groups in total. The molecule has 0 aromatic heterocycles. The largest absolute Gasteiger partial charge is 0.419 e. The van der Waals surface area contributed by atoms with E-state index in [1.807, 2.05) is 12.1 Å². The quantitative estimate of drug-likeness (QED) is 0.348. The zero-order valence-electron chi connectivity index (χ0n) is 10.6. The van der Waals surface area contributed by atoms with Gasteiger partial charge >= 0.3 is 6.18 Å². The van der Waals surface area contributed by atoms with Crippen molar-refractivity contribution in [2.45, 2.75) is 12.2 Å². The summed E-state index contributed by atoms with van der Waals surface area (Å²) in [5.41, 5.74) is 2.10. The van der Waals surface area contributed by atoms with Crippen LogP contribution in [0.2, 0.25) is 0 Å². The lowest BCUT2D eigenvalue weighted by Gasteiger charge is -2.19. The zero-order chi connectivity index (χ0) is 15.6. The van der Waals surface area contributed by atoms with Crippen LogP contribution in [0.5, 0.6) is 0 Å². The van der Waals surface area contributed by atoms with E-state index < -0.39 is 23.6 Å². The first-order valence-corrected chi connectivity index (χ1v) is 6.99. The van der Waals surface area contributed by atoms with Gasteiger partial charge in [0, 0.05) is 3.57 Å². The van der Waals surface area contributed by atoms with E-state index in [0.717, 1.165) is 15.7 Å². The summed E-state index contributed by atoms with van der Waals surface area (Å²) >= 11 is 2.12. The summed E-state index contributed by atoms with van der Waals surface area (Å²) < 4.78 is 52.6. The maximum Gasteiger partial charge on any atom is 0.419 e. The summed E-state index contributed by atoms with van der Waals surface area (Å²) in [6.45, 7) is 0. The van der Waals surface area contributed by atoms with E-state index in [2.05, 4.69) is 28.0 Å². The Morgan fingerprint density at radius 1 is 1.00 bits per heavy atom. The van der Waals surface area contributed by atoms with Gasteiger partial charge in [0.15, 0.2) is 0 Å². The predicted octanol–water partition coefficient (Wildman–Crippen LogP) is 4.00. The van der Waals surface area contributed by atoms with Crippen LogP contribution < -0.4 is 11.3 Å². The molecule has 0 heterocycles. The second-order valence-electron chi connectivity index (χ2n) is 4.39. The van der Waals surface area contributed by atoms with Gasteiger partial charge in [-0.05, 0) is 58.0 Å². The number of hydrazine groups is 1. The summed E-state index contributed by atoms with van der Waals surface area (Å²) in [4.78, 5) is 0. The Kier molecular flexibility index (Phi) is 4.84. The second kappa shape index (κ2) is 6.29. The Morgan fingerprint density at radius 3 is 2.10 bits per heavy atom. The molecule has 1 unspecified atom stereocenters. The first-order chi connectivity index (χ1) is 9.82. The van der Waals surface area contributed by atoms with E-state index in [4.69, 9.17) is 5.84 Å². The summed E-state index contributed by atoms with van der Waals surface area (Å²) in [7, 11) is 0. The van der Waals surface area contributed by atoms with Crippen LogP contribution in [0.4, 0.5) is 17.6 Å². The number of rotatable bonds is 3. The molecule has 1 atom stereocenters. The third kappa shape index (κ3) is 3.72. The van der Waals surface area contributed by atoms with Gasteiger partial charge in [0.1, 0.15) is 5.82 Å². The molecule has 2 aromatic rings. The van der Waals surface area contributed by atoms with E-state index >= 15 is 0 Å². The molecular weight excluding hydrogens is 399 g/mol. The first-order valence-electron chi connectivity index (χ1n) is 5.91. The summed E-state index contributed by atoms with van der Waals surface area (Å²) in [5, 5.41) is 0. The number of halogens is 5. The molecule has 0 aliphatic rings. The third-order valence-corrected chi connectivity index (χ3v) is 3.72. The fourth-order valence-corrected chi connectivity index (χ4v) is 2.34. The molecule has 112 valence electrons.